The molecule has 3 aromatic heterocycles. The quantitative estimate of drug-likeness (QED) is 0.0806. The van der Waals surface area contributed by atoms with E-state index >= 15 is 0 Å². The summed E-state index contributed by atoms with van der Waals surface area (Å²) >= 11 is 5.26. The first-order valence-electron chi connectivity index (χ1n) is 12.2. The molecule has 14 nitrogen and oxygen atoms in total. The number of carbonyl (C=O) groups is 4. The highest BCUT2D eigenvalue weighted by molar-refractivity contribution is 8.02. The molecule has 0 spiro atoms. The molecule has 2 atom stereocenters. The number of pyridine rings is 1. The van der Waals surface area contributed by atoms with Gasteiger partial charge in [-0.1, -0.05) is 16.9 Å². The summed E-state index contributed by atoms with van der Waals surface area (Å²) in [6, 6.07) is 0.913. The summed E-state index contributed by atoms with van der Waals surface area (Å²) in [4.78, 5) is 65.0. The van der Waals surface area contributed by atoms with Crippen molar-refractivity contribution in [2.45, 2.75) is 35.2 Å². The Kier molecular flexibility index (Phi) is 8.15. The molecule has 0 aliphatic carbocycles. The van der Waals surface area contributed by atoms with Crippen LogP contribution in [0.1, 0.15) is 19.5 Å². The Morgan fingerprint density at radius 3 is 2.76 bits per heavy atom. The fraction of sp³-hybridized carbons (Fsp3) is 0.333. The number of carbonyl (C=O) groups excluding carboxylic acids is 2. The van der Waals surface area contributed by atoms with E-state index in [1.807, 2.05) is 30.1 Å². The molecule has 5 heterocycles. The van der Waals surface area contributed by atoms with Crippen molar-refractivity contribution in [2.24, 2.45) is 12.2 Å². The molecule has 0 saturated carbocycles. The number of thioether (sulfide) groups is 2. The molecule has 1 fully saturated rings. The summed E-state index contributed by atoms with van der Waals surface area (Å²) in [6.45, 7) is 2.50. The van der Waals surface area contributed by atoms with Crippen molar-refractivity contribution >= 4 is 91.0 Å². The fourth-order valence-electron chi connectivity index (χ4n) is 3.97. The zero-order valence-corrected chi connectivity index (χ0v) is 25.5. The van der Waals surface area contributed by atoms with Crippen molar-refractivity contribution in [3.05, 3.63) is 40.8 Å². The zero-order chi connectivity index (χ0) is 30.3. The molecule has 220 valence electrons. The lowest BCUT2D eigenvalue weighted by Gasteiger charge is -2.49. The summed E-state index contributed by atoms with van der Waals surface area (Å²) in [5.74, 6) is -3.36. The highest BCUT2D eigenvalue weighted by Crippen LogP contribution is 2.42. The lowest BCUT2D eigenvalue weighted by Crippen LogP contribution is -2.71. The van der Waals surface area contributed by atoms with E-state index in [4.69, 9.17) is 10.6 Å². The number of nitrogens with zero attached hydrogens (tertiary/aromatic N) is 5. The molecule has 1 unspecified atom stereocenters. The predicted molar refractivity (Wildman–Crippen MR) is 157 cm³/mol. The zero-order valence-electron chi connectivity index (χ0n) is 22.3. The van der Waals surface area contributed by atoms with Crippen LogP contribution in [0, 0.1) is 0 Å². The Morgan fingerprint density at radius 2 is 2.10 bits per heavy atom. The van der Waals surface area contributed by atoms with Crippen LogP contribution >= 0.6 is 46.2 Å². The van der Waals surface area contributed by atoms with Crippen molar-refractivity contribution in [2.75, 3.05) is 17.2 Å². The van der Waals surface area contributed by atoms with Gasteiger partial charge in [0, 0.05) is 23.0 Å². The van der Waals surface area contributed by atoms with Gasteiger partial charge in [0.25, 0.3) is 11.8 Å². The smallest absolute Gasteiger partial charge is 0.352 e. The Hall–Kier alpha value is -3.74. The van der Waals surface area contributed by atoms with Gasteiger partial charge in [-0.2, -0.15) is 0 Å². The number of thiazole rings is 2. The number of aryl methyl sites for hydroxylation is 1. The van der Waals surface area contributed by atoms with Crippen LogP contribution in [0.4, 0.5) is 5.13 Å². The van der Waals surface area contributed by atoms with Gasteiger partial charge in [-0.3, -0.25) is 14.5 Å². The van der Waals surface area contributed by atoms with Crippen LogP contribution in [0.25, 0.3) is 10.2 Å². The van der Waals surface area contributed by atoms with E-state index in [-0.39, 0.29) is 22.2 Å². The Bertz CT molecular complexity index is 1680. The van der Waals surface area contributed by atoms with Crippen LogP contribution in [-0.4, -0.2) is 83.1 Å². The van der Waals surface area contributed by atoms with Gasteiger partial charge < -0.3 is 26.1 Å². The highest BCUT2D eigenvalue weighted by atomic mass is 32.2. The molecule has 1 saturated heterocycles. The third-order valence-electron chi connectivity index (χ3n) is 6.21. The predicted octanol–water partition coefficient (Wildman–Crippen LogP) is 1.27. The molecule has 3 aromatic rings. The second-order valence-electron chi connectivity index (χ2n) is 9.66. The van der Waals surface area contributed by atoms with E-state index in [1.165, 1.54) is 59.0 Å². The van der Waals surface area contributed by atoms with Crippen LogP contribution in [0.2, 0.25) is 0 Å². The van der Waals surface area contributed by atoms with Gasteiger partial charge >= 0.3 is 11.9 Å². The maximum atomic E-state index is 13.2. The van der Waals surface area contributed by atoms with E-state index in [1.54, 1.807) is 0 Å². The van der Waals surface area contributed by atoms with Crippen LogP contribution < -0.4 is 15.6 Å². The number of oxime groups is 1. The normalized spacial score (nSPS) is 19.0. The summed E-state index contributed by atoms with van der Waals surface area (Å²) in [5.41, 5.74) is 4.90. The van der Waals surface area contributed by atoms with Gasteiger partial charge in [0.1, 0.15) is 35.4 Å². The topological polar surface area (TPSA) is 201 Å². The second-order valence-corrected chi connectivity index (χ2v) is 13.9. The number of aromatic nitrogens is 3. The summed E-state index contributed by atoms with van der Waals surface area (Å²) in [6.07, 6.45) is 3.83. The van der Waals surface area contributed by atoms with Crippen molar-refractivity contribution < 1.29 is 38.8 Å². The van der Waals surface area contributed by atoms with E-state index in [9.17, 15) is 29.4 Å². The molecular weight excluding hydrogens is 627 g/mol. The minimum absolute atomic E-state index is 0.0325. The van der Waals surface area contributed by atoms with Gasteiger partial charge in [-0.05, 0) is 19.4 Å². The van der Waals surface area contributed by atoms with Crippen molar-refractivity contribution in [3.63, 3.8) is 0 Å². The van der Waals surface area contributed by atoms with Crippen LogP contribution in [0.5, 0.6) is 0 Å². The second kappa shape index (κ2) is 11.5. The van der Waals surface area contributed by atoms with Crippen LogP contribution in [0.15, 0.2) is 44.6 Å². The van der Waals surface area contributed by atoms with Crippen molar-refractivity contribution in [1.82, 2.24) is 20.2 Å². The standard InChI is InChI=1S/C24H23N7O7S4/c1-24(2,21(36)37)38-29-14(12-9-40-22(25)26-12)17(32)28-15-18(33)31-16(20(34)35)10(7-39-19(15)31)8-41-23-27-11-6-30(3)5-4-13(11)42-23/h4-6,9,15,19H,7-8H2,1-3H3,(H4-,25,26,28,32,34,35,36,37)/p+1/b29-14-/t15?,19-/m0/s1. The maximum Gasteiger partial charge on any atom is 0.352 e. The summed E-state index contributed by atoms with van der Waals surface area (Å²) in [5, 5.41) is 26.6. The number of nitrogens with one attached hydrogen (secondary N) is 1. The molecule has 2 aliphatic rings. The average molecular weight is 651 g/mol. The van der Waals surface area contributed by atoms with Crippen LogP contribution in [-0.2, 0) is 31.1 Å². The van der Waals surface area contributed by atoms with Crippen LogP contribution in [0.3, 0.4) is 0 Å². The monoisotopic (exact) mass is 650 g/mol. The first-order valence-corrected chi connectivity index (χ1v) is 15.9. The Balaban J connectivity index is 1.32. The minimum Gasteiger partial charge on any atom is -0.478 e. The van der Waals surface area contributed by atoms with Gasteiger partial charge in [0.15, 0.2) is 27.6 Å². The molecule has 0 bridgehead atoms. The molecule has 42 heavy (non-hydrogen) atoms. The fourth-order valence-corrected chi connectivity index (χ4v) is 8.04. The molecule has 2 aliphatic heterocycles. The maximum absolute atomic E-state index is 13.2. The third-order valence-corrected chi connectivity index (χ3v) is 10.5. The number of aliphatic carboxylic acids is 2. The number of anilines is 1. The molecule has 0 radical (unpaired) electrons. The number of rotatable bonds is 10. The largest absolute Gasteiger partial charge is 0.478 e. The Labute approximate surface area is 254 Å². The molecule has 5 N–H and O–H groups in total. The molecular formula is C24H24N7O7S4+. The average Bonchev–Trinajstić information content (AvgIpc) is 3.54. The van der Waals surface area contributed by atoms with E-state index in [0.717, 1.165) is 25.9 Å². The minimum atomic E-state index is -1.76. The first kappa shape index (κ1) is 29.7. The summed E-state index contributed by atoms with van der Waals surface area (Å²) < 4.78 is 3.69. The number of β-lactam (4-membered cyclic amide) rings is 1. The molecule has 2 amide bonds. The van der Waals surface area contributed by atoms with Gasteiger partial charge in [-0.15, -0.1) is 34.4 Å². The lowest BCUT2D eigenvalue weighted by atomic mass is 10.0. The summed E-state index contributed by atoms with van der Waals surface area (Å²) in [7, 11) is 1.90. The number of fused-ring (bicyclic) bond motifs is 2. The number of nitrogen functional groups attached to an aromatic ring is 1. The highest BCUT2D eigenvalue weighted by Gasteiger charge is 2.54. The number of nitrogens with two attached hydrogens (primary N) is 1. The van der Waals surface area contributed by atoms with Gasteiger partial charge in [0.05, 0.1) is 4.70 Å². The first-order chi connectivity index (χ1) is 19.9. The SMILES string of the molecule is C[n+]1ccc2sc(SCC3=C(C(=O)O)N4C(=O)C(NC(=O)/C(=N\OC(C)(C)C(=O)O)c5csc(N)n5)[C@@H]4SC3)nc2c1. The van der Waals surface area contributed by atoms with Crippen molar-refractivity contribution in [3.8, 4) is 0 Å². The van der Waals surface area contributed by atoms with Crippen molar-refractivity contribution in [1.29, 1.82) is 0 Å². The number of hydrogen-bond acceptors (Lipinski definition) is 13. The third kappa shape index (κ3) is 5.79. The van der Waals surface area contributed by atoms with E-state index < -0.39 is 40.8 Å². The Morgan fingerprint density at radius 1 is 1.33 bits per heavy atom. The number of carboxylic acid groups (broad SMARTS) is 2. The lowest BCUT2D eigenvalue weighted by molar-refractivity contribution is -0.670. The number of carboxylic acids is 2. The molecule has 18 heteroatoms. The molecule has 5 rings (SSSR count). The van der Waals surface area contributed by atoms with Gasteiger partial charge in [0.2, 0.25) is 5.60 Å². The van der Waals surface area contributed by atoms with E-state index in [2.05, 4.69) is 20.4 Å². The molecule has 0 aromatic carbocycles. The number of amides is 2. The van der Waals surface area contributed by atoms with E-state index in [0.29, 0.717) is 17.1 Å². The van der Waals surface area contributed by atoms with Gasteiger partial charge in [-0.25, -0.2) is 24.1 Å². The number of hydrogen-bond donors (Lipinski definition) is 4.